The molecule has 0 aliphatic carbocycles. The number of hydrogen-bond acceptors (Lipinski definition) is 2. The van der Waals surface area contributed by atoms with E-state index in [0.717, 1.165) is 13.1 Å². The number of halogens is 2. The molecule has 0 bridgehead atoms. The van der Waals surface area contributed by atoms with Crippen molar-refractivity contribution in [3.8, 4) is 5.75 Å². The van der Waals surface area contributed by atoms with E-state index >= 15 is 0 Å². The zero-order valence-electron chi connectivity index (χ0n) is 17.9. The van der Waals surface area contributed by atoms with Gasteiger partial charge in [0, 0.05) is 11.6 Å². The van der Waals surface area contributed by atoms with Crippen LogP contribution in [0, 0.1) is 0 Å². The molecule has 1 N–H and O–H groups in total. The normalized spacial score (nSPS) is 11.1. The van der Waals surface area contributed by atoms with Gasteiger partial charge >= 0.3 is 0 Å². The van der Waals surface area contributed by atoms with Crippen molar-refractivity contribution in [2.75, 3.05) is 19.7 Å². The summed E-state index contributed by atoms with van der Waals surface area (Å²) in [4.78, 5) is 0. The van der Waals surface area contributed by atoms with Crippen molar-refractivity contribution in [2.45, 2.75) is 96.8 Å². The molecule has 0 fully saturated rings. The van der Waals surface area contributed by atoms with Gasteiger partial charge in [-0.25, -0.2) is 0 Å². The van der Waals surface area contributed by atoms with Gasteiger partial charge in [0.15, 0.2) is 0 Å². The van der Waals surface area contributed by atoms with Crippen molar-refractivity contribution in [1.29, 1.82) is 0 Å². The molecule has 1 aromatic rings. The van der Waals surface area contributed by atoms with E-state index in [1.807, 2.05) is 6.07 Å². The first-order valence-electron chi connectivity index (χ1n) is 11.5. The van der Waals surface area contributed by atoms with E-state index in [9.17, 15) is 0 Å². The number of hydrogen-bond donors (Lipinski definition) is 1. The summed E-state index contributed by atoms with van der Waals surface area (Å²) >= 11 is 12.0. The number of nitrogens with one attached hydrogen (secondary N) is 1. The number of rotatable bonds is 19. The van der Waals surface area contributed by atoms with Crippen molar-refractivity contribution < 1.29 is 4.74 Å². The van der Waals surface area contributed by atoms with Crippen molar-refractivity contribution in [3.05, 3.63) is 28.2 Å². The van der Waals surface area contributed by atoms with E-state index in [-0.39, 0.29) is 0 Å². The van der Waals surface area contributed by atoms with Crippen molar-refractivity contribution in [3.63, 3.8) is 0 Å². The molecule has 1 aromatic carbocycles. The third kappa shape index (κ3) is 14.5. The summed E-state index contributed by atoms with van der Waals surface area (Å²) < 4.78 is 5.66. The van der Waals surface area contributed by atoms with Gasteiger partial charge in [0.05, 0.1) is 5.02 Å². The van der Waals surface area contributed by atoms with Gasteiger partial charge < -0.3 is 10.1 Å². The van der Waals surface area contributed by atoms with Crippen LogP contribution in [0.3, 0.4) is 0 Å². The molecule has 0 aliphatic heterocycles. The fourth-order valence-electron chi connectivity index (χ4n) is 3.39. The summed E-state index contributed by atoms with van der Waals surface area (Å²) in [7, 11) is 0. The number of ether oxygens (including phenoxy) is 1. The van der Waals surface area contributed by atoms with Gasteiger partial charge in [0.1, 0.15) is 12.4 Å². The Kier molecular flexibility index (Phi) is 17.0. The highest BCUT2D eigenvalue weighted by Crippen LogP contribution is 2.27. The van der Waals surface area contributed by atoms with Crippen LogP contribution in [0.25, 0.3) is 0 Å². The molecule has 0 saturated carbocycles. The minimum Gasteiger partial charge on any atom is -0.491 e. The molecule has 0 radical (unpaired) electrons. The van der Waals surface area contributed by atoms with Crippen molar-refractivity contribution in [1.82, 2.24) is 5.32 Å². The average Bonchev–Trinajstić information content (AvgIpc) is 2.68. The second-order valence-electron chi connectivity index (χ2n) is 7.77. The van der Waals surface area contributed by atoms with E-state index in [1.165, 1.54) is 89.9 Å². The third-order valence-electron chi connectivity index (χ3n) is 5.14. The minimum atomic E-state index is 0.569. The highest BCUT2D eigenvalue weighted by Gasteiger charge is 2.01. The molecule has 4 heteroatoms. The fourth-order valence-corrected chi connectivity index (χ4v) is 3.86. The molecule has 2 nitrogen and oxygen atoms in total. The lowest BCUT2D eigenvalue weighted by molar-refractivity contribution is 0.313. The van der Waals surface area contributed by atoms with E-state index in [2.05, 4.69) is 12.2 Å². The Morgan fingerprint density at radius 3 is 1.79 bits per heavy atom. The van der Waals surface area contributed by atoms with Gasteiger partial charge in [-0.15, -0.1) is 0 Å². The van der Waals surface area contributed by atoms with Gasteiger partial charge in [-0.1, -0.05) is 114 Å². The van der Waals surface area contributed by atoms with E-state index in [1.54, 1.807) is 12.1 Å². The van der Waals surface area contributed by atoms with Crippen LogP contribution in [0.15, 0.2) is 18.2 Å². The maximum Gasteiger partial charge on any atom is 0.138 e. The lowest BCUT2D eigenvalue weighted by Gasteiger charge is -2.09. The van der Waals surface area contributed by atoms with E-state index in [4.69, 9.17) is 27.9 Å². The van der Waals surface area contributed by atoms with E-state index in [0.29, 0.717) is 22.4 Å². The van der Waals surface area contributed by atoms with E-state index < -0.39 is 0 Å². The Labute approximate surface area is 183 Å². The van der Waals surface area contributed by atoms with Crippen LogP contribution in [0.4, 0.5) is 0 Å². The summed E-state index contributed by atoms with van der Waals surface area (Å²) in [5.41, 5.74) is 0. The molecule has 0 saturated heterocycles. The van der Waals surface area contributed by atoms with Gasteiger partial charge in [-0.3, -0.25) is 0 Å². The molecule has 0 aliphatic rings. The zero-order valence-corrected chi connectivity index (χ0v) is 19.4. The van der Waals surface area contributed by atoms with Crippen LogP contribution in [-0.2, 0) is 0 Å². The summed E-state index contributed by atoms with van der Waals surface area (Å²) in [6.45, 7) is 4.82. The Hall–Kier alpha value is -0.440. The van der Waals surface area contributed by atoms with Crippen LogP contribution in [-0.4, -0.2) is 19.7 Å². The lowest BCUT2D eigenvalue weighted by atomic mass is 10.0. The molecule has 28 heavy (non-hydrogen) atoms. The largest absolute Gasteiger partial charge is 0.491 e. The molecule has 162 valence electrons. The maximum absolute atomic E-state index is 6.08. The van der Waals surface area contributed by atoms with Crippen LogP contribution in [0.5, 0.6) is 5.75 Å². The third-order valence-corrected chi connectivity index (χ3v) is 5.67. The predicted molar refractivity (Wildman–Crippen MR) is 125 cm³/mol. The Bertz CT molecular complexity index is 482. The molecule has 1 rings (SSSR count). The monoisotopic (exact) mass is 429 g/mol. The Morgan fingerprint density at radius 2 is 1.25 bits per heavy atom. The number of unbranched alkanes of at least 4 members (excludes halogenated alkanes) is 13. The molecule has 0 amide bonds. The topological polar surface area (TPSA) is 21.3 Å². The quantitative estimate of drug-likeness (QED) is 0.222. The molecule has 0 heterocycles. The van der Waals surface area contributed by atoms with Crippen LogP contribution in [0.2, 0.25) is 10.0 Å². The standard InChI is InChI=1S/C24H41Cl2NO/c1-2-3-4-5-6-7-8-9-10-11-12-13-14-15-18-27-19-20-28-24-17-16-22(25)21-23(24)26/h16-17,21,27H,2-15,18-20H2,1H3. The second-order valence-corrected chi connectivity index (χ2v) is 8.61. The highest BCUT2D eigenvalue weighted by molar-refractivity contribution is 6.35. The van der Waals surface area contributed by atoms with Gasteiger partial charge in [-0.05, 0) is 31.2 Å². The highest BCUT2D eigenvalue weighted by atomic mass is 35.5. The first kappa shape index (κ1) is 25.6. The SMILES string of the molecule is CCCCCCCCCCCCCCCCNCCOc1ccc(Cl)cc1Cl. The van der Waals surface area contributed by atoms with Crippen LogP contribution < -0.4 is 10.1 Å². The first-order chi connectivity index (χ1) is 13.7. The maximum atomic E-state index is 6.08. The minimum absolute atomic E-state index is 0.569. The van der Waals surface area contributed by atoms with Crippen molar-refractivity contribution in [2.24, 2.45) is 0 Å². The molecule has 0 atom stereocenters. The summed E-state index contributed by atoms with van der Waals surface area (Å²) in [5, 5.41) is 4.64. The summed E-state index contributed by atoms with van der Waals surface area (Å²) in [6.07, 6.45) is 19.6. The smallest absolute Gasteiger partial charge is 0.138 e. The Balaban J connectivity index is 1.76. The molecular weight excluding hydrogens is 389 g/mol. The van der Waals surface area contributed by atoms with Crippen LogP contribution >= 0.6 is 23.2 Å². The van der Waals surface area contributed by atoms with Gasteiger partial charge in [0.2, 0.25) is 0 Å². The van der Waals surface area contributed by atoms with Crippen molar-refractivity contribution >= 4 is 23.2 Å². The molecule has 0 unspecified atom stereocenters. The molecule has 0 spiro atoms. The second kappa shape index (κ2) is 18.6. The Morgan fingerprint density at radius 1 is 0.714 bits per heavy atom. The number of benzene rings is 1. The predicted octanol–water partition coefficient (Wildman–Crippen LogP) is 8.44. The van der Waals surface area contributed by atoms with Gasteiger partial charge in [0.25, 0.3) is 0 Å². The zero-order chi connectivity index (χ0) is 20.3. The first-order valence-corrected chi connectivity index (χ1v) is 12.3. The fraction of sp³-hybridized carbons (Fsp3) is 0.750. The average molecular weight is 431 g/mol. The lowest BCUT2D eigenvalue weighted by Crippen LogP contribution is -2.22. The van der Waals surface area contributed by atoms with Crippen LogP contribution in [0.1, 0.15) is 96.8 Å². The summed E-state index contributed by atoms with van der Waals surface area (Å²) in [5.74, 6) is 0.698. The summed E-state index contributed by atoms with van der Waals surface area (Å²) in [6, 6.07) is 5.32. The molecule has 0 aromatic heterocycles. The molecular formula is C24H41Cl2NO. The van der Waals surface area contributed by atoms with Gasteiger partial charge in [-0.2, -0.15) is 0 Å².